The van der Waals surface area contributed by atoms with Crippen LogP contribution in [0.5, 0.6) is 11.5 Å². The maximum absolute atomic E-state index is 12.2. The van der Waals surface area contributed by atoms with E-state index in [1.165, 1.54) is 0 Å². The number of amides is 1. The summed E-state index contributed by atoms with van der Waals surface area (Å²) in [6, 6.07) is 14.3. The zero-order valence-corrected chi connectivity index (χ0v) is 13.1. The Hall–Kier alpha value is -2.53. The molecule has 1 saturated heterocycles. The number of benzene rings is 2. The lowest BCUT2D eigenvalue weighted by atomic mass is 10.2. The van der Waals surface area contributed by atoms with E-state index in [-0.39, 0.29) is 18.3 Å². The maximum Gasteiger partial charge on any atom is 0.255 e. The first-order chi connectivity index (χ1) is 11.2. The minimum atomic E-state index is -0.166. The van der Waals surface area contributed by atoms with E-state index < -0.39 is 0 Å². The van der Waals surface area contributed by atoms with Gasteiger partial charge in [-0.2, -0.15) is 0 Å². The normalized spacial score (nSPS) is 19.0. The molecule has 0 aliphatic carbocycles. The molecule has 0 radical (unpaired) electrons. The third kappa shape index (κ3) is 4.02. The van der Waals surface area contributed by atoms with Gasteiger partial charge in [0.05, 0.1) is 6.61 Å². The van der Waals surface area contributed by atoms with Crippen LogP contribution in [-0.2, 0) is 4.74 Å². The van der Waals surface area contributed by atoms with Gasteiger partial charge in [0.2, 0.25) is 6.29 Å². The van der Waals surface area contributed by atoms with Crippen molar-refractivity contribution in [1.29, 1.82) is 0 Å². The van der Waals surface area contributed by atoms with Gasteiger partial charge < -0.3 is 19.5 Å². The summed E-state index contributed by atoms with van der Waals surface area (Å²) in [7, 11) is 0. The van der Waals surface area contributed by atoms with Crippen LogP contribution >= 0.6 is 0 Å². The number of nitrogens with one attached hydrogen (secondary N) is 1. The van der Waals surface area contributed by atoms with Crippen LogP contribution in [-0.4, -0.2) is 24.9 Å². The molecular formula is C18H19NO4. The quantitative estimate of drug-likeness (QED) is 0.830. The van der Waals surface area contributed by atoms with E-state index in [1.807, 2.05) is 26.0 Å². The lowest BCUT2D eigenvalue weighted by Gasteiger charge is -2.08. The van der Waals surface area contributed by atoms with Gasteiger partial charge in [-0.1, -0.05) is 0 Å². The molecule has 0 spiro atoms. The summed E-state index contributed by atoms with van der Waals surface area (Å²) in [5.41, 5.74) is 1.29. The van der Waals surface area contributed by atoms with Gasteiger partial charge in [-0.25, -0.2) is 0 Å². The Balaban J connectivity index is 1.58. The van der Waals surface area contributed by atoms with Crippen molar-refractivity contribution in [1.82, 2.24) is 0 Å². The Kier molecular flexibility index (Phi) is 4.48. The Morgan fingerprint density at radius 2 is 1.70 bits per heavy atom. The molecule has 0 aromatic heterocycles. The summed E-state index contributed by atoms with van der Waals surface area (Å²) in [4.78, 5) is 12.2. The number of ether oxygens (including phenoxy) is 3. The van der Waals surface area contributed by atoms with Crippen LogP contribution in [0.3, 0.4) is 0 Å². The van der Waals surface area contributed by atoms with Crippen LogP contribution in [0, 0.1) is 0 Å². The maximum atomic E-state index is 12.2. The predicted molar refractivity (Wildman–Crippen MR) is 87.0 cm³/mol. The van der Waals surface area contributed by atoms with E-state index >= 15 is 0 Å². The van der Waals surface area contributed by atoms with E-state index in [4.69, 9.17) is 14.2 Å². The van der Waals surface area contributed by atoms with Crippen molar-refractivity contribution in [2.24, 2.45) is 0 Å². The molecule has 1 heterocycles. The summed E-state index contributed by atoms with van der Waals surface area (Å²) in [5, 5.41) is 2.85. The first-order valence-electron chi connectivity index (χ1n) is 7.62. The zero-order chi connectivity index (χ0) is 16.2. The molecule has 2 aromatic rings. The van der Waals surface area contributed by atoms with Crippen LogP contribution in [0.25, 0.3) is 0 Å². The summed E-state index contributed by atoms with van der Waals surface area (Å²) in [6.45, 7) is 4.48. The van der Waals surface area contributed by atoms with Gasteiger partial charge >= 0.3 is 0 Å². The van der Waals surface area contributed by atoms with Crippen molar-refractivity contribution in [2.45, 2.75) is 26.2 Å². The summed E-state index contributed by atoms with van der Waals surface area (Å²) < 4.78 is 16.1. The first kappa shape index (κ1) is 15.4. The number of rotatable bonds is 6. The minimum absolute atomic E-state index is 0.147. The molecule has 1 aliphatic heterocycles. The summed E-state index contributed by atoms with van der Waals surface area (Å²) in [6.07, 6.45) is -0.00617. The molecule has 5 heteroatoms. The molecule has 0 saturated carbocycles. The van der Waals surface area contributed by atoms with Crippen molar-refractivity contribution in [3.63, 3.8) is 0 Å². The molecule has 1 aliphatic rings. The van der Waals surface area contributed by atoms with Crippen molar-refractivity contribution in [3.05, 3.63) is 54.1 Å². The average molecular weight is 313 g/mol. The highest BCUT2D eigenvalue weighted by molar-refractivity contribution is 6.04. The average Bonchev–Trinajstić information content (AvgIpc) is 3.25. The molecule has 2 unspecified atom stereocenters. The molecule has 120 valence electrons. The van der Waals surface area contributed by atoms with Gasteiger partial charge in [-0.3, -0.25) is 4.79 Å². The van der Waals surface area contributed by atoms with E-state index in [0.29, 0.717) is 17.9 Å². The molecule has 2 atom stereocenters. The number of hydrogen-bond acceptors (Lipinski definition) is 4. The van der Waals surface area contributed by atoms with E-state index in [0.717, 1.165) is 11.5 Å². The largest absolute Gasteiger partial charge is 0.494 e. The van der Waals surface area contributed by atoms with E-state index in [2.05, 4.69) is 5.32 Å². The Labute approximate surface area is 135 Å². The van der Waals surface area contributed by atoms with Gasteiger partial charge in [-0.05, 0) is 62.4 Å². The van der Waals surface area contributed by atoms with Crippen LogP contribution in [0.1, 0.15) is 24.2 Å². The number of hydrogen-bond donors (Lipinski definition) is 1. The predicted octanol–water partition coefficient (Wildman–Crippen LogP) is 3.46. The molecule has 1 amide bonds. The molecule has 1 N–H and O–H groups in total. The van der Waals surface area contributed by atoms with Gasteiger partial charge in [-0.15, -0.1) is 0 Å². The van der Waals surface area contributed by atoms with Gasteiger partial charge in [0.1, 0.15) is 17.6 Å². The standard InChI is InChI=1S/C18H19NO4/c1-3-21-15-8-4-13(5-9-15)17(20)19-14-6-10-16(11-7-14)23-18-12(2)22-18/h4-12,18H,3H2,1-2H3,(H,19,20). The summed E-state index contributed by atoms with van der Waals surface area (Å²) in [5.74, 6) is 1.31. The summed E-state index contributed by atoms with van der Waals surface area (Å²) >= 11 is 0. The lowest BCUT2D eigenvalue weighted by Crippen LogP contribution is -2.11. The smallest absolute Gasteiger partial charge is 0.255 e. The monoisotopic (exact) mass is 313 g/mol. The Morgan fingerprint density at radius 3 is 2.26 bits per heavy atom. The fourth-order valence-electron chi connectivity index (χ4n) is 2.11. The SMILES string of the molecule is CCOc1ccc(C(=O)Nc2ccc(OC3OC3C)cc2)cc1. The molecule has 2 aromatic carbocycles. The number of anilines is 1. The first-order valence-corrected chi connectivity index (χ1v) is 7.62. The van der Waals surface area contributed by atoms with Crippen LogP contribution in [0.2, 0.25) is 0 Å². The third-order valence-electron chi connectivity index (χ3n) is 3.45. The van der Waals surface area contributed by atoms with Crippen LogP contribution < -0.4 is 14.8 Å². The third-order valence-corrected chi connectivity index (χ3v) is 3.45. The number of carbonyl (C=O) groups excluding carboxylic acids is 1. The Morgan fingerprint density at radius 1 is 1.09 bits per heavy atom. The fourth-order valence-corrected chi connectivity index (χ4v) is 2.11. The van der Waals surface area contributed by atoms with Crippen molar-refractivity contribution in [2.75, 3.05) is 11.9 Å². The highest BCUT2D eigenvalue weighted by atomic mass is 16.8. The second-order valence-corrected chi connectivity index (χ2v) is 5.26. The molecule has 0 bridgehead atoms. The molecular weight excluding hydrogens is 294 g/mol. The number of carbonyl (C=O) groups is 1. The highest BCUT2D eigenvalue weighted by Gasteiger charge is 2.36. The van der Waals surface area contributed by atoms with Crippen molar-refractivity contribution < 1.29 is 19.0 Å². The topological polar surface area (TPSA) is 60.1 Å². The molecule has 23 heavy (non-hydrogen) atoms. The lowest BCUT2D eigenvalue weighted by molar-refractivity contribution is 0.102. The zero-order valence-electron chi connectivity index (χ0n) is 13.1. The van der Waals surface area contributed by atoms with Gasteiger partial charge in [0.15, 0.2) is 0 Å². The minimum Gasteiger partial charge on any atom is -0.494 e. The van der Waals surface area contributed by atoms with E-state index in [1.54, 1.807) is 36.4 Å². The highest BCUT2D eigenvalue weighted by Crippen LogP contribution is 2.26. The van der Waals surface area contributed by atoms with Crippen LogP contribution in [0.15, 0.2) is 48.5 Å². The van der Waals surface area contributed by atoms with Crippen molar-refractivity contribution in [3.8, 4) is 11.5 Å². The van der Waals surface area contributed by atoms with Crippen LogP contribution in [0.4, 0.5) is 5.69 Å². The second kappa shape index (κ2) is 6.71. The van der Waals surface area contributed by atoms with Crippen molar-refractivity contribution >= 4 is 11.6 Å². The molecule has 5 nitrogen and oxygen atoms in total. The molecule has 1 fully saturated rings. The van der Waals surface area contributed by atoms with Gasteiger partial charge in [0.25, 0.3) is 5.91 Å². The molecule has 3 rings (SSSR count). The fraction of sp³-hybridized carbons (Fsp3) is 0.278. The van der Waals surface area contributed by atoms with E-state index in [9.17, 15) is 4.79 Å². The Bertz CT molecular complexity index is 666. The number of epoxide rings is 1. The second-order valence-electron chi connectivity index (χ2n) is 5.26. The van der Waals surface area contributed by atoms with Gasteiger partial charge in [0, 0.05) is 11.3 Å².